The van der Waals surface area contributed by atoms with E-state index in [1.54, 1.807) is 48.8 Å². The maximum Gasteiger partial charge on any atom is 0.256 e. The van der Waals surface area contributed by atoms with Gasteiger partial charge in [-0.3, -0.25) is 14.6 Å². The average molecular weight is 571 g/mol. The predicted octanol–water partition coefficient (Wildman–Crippen LogP) is 3.50. The van der Waals surface area contributed by atoms with E-state index in [2.05, 4.69) is 27.5 Å². The van der Waals surface area contributed by atoms with Gasteiger partial charge in [-0.05, 0) is 87.7 Å². The van der Waals surface area contributed by atoms with Crippen LogP contribution in [0.3, 0.4) is 0 Å². The molecule has 0 bridgehead atoms. The number of nitrogens with two attached hydrogens (primary N) is 2. The number of carbonyl (C=O) groups is 2. The van der Waals surface area contributed by atoms with E-state index in [9.17, 15) is 9.59 Å². The molecule has 1 aromatic carbocycles. The number of benzene rings is 1. The standard InChI is InChI=1S/C31H38N8O3/c1-20-9-13-35-25(18-20)38-29(40)21-5-7-23(8-6-21)42-24-10-14-36-27(32)26(24)28(33)37-22-4-3-17-39(19-22)30(41)31(2)11-15-34-16-12-31/h5-10,13-14,18,22,34H,3-4,11-12,15-17,19H2,1-2H3,(H2,32,36)(H2,33,37)(H,35,38,40). The van der Waals surface area contributed by atoms with Gasteiger partial charge in [0.1, 0.15) is 34.5 Å². The Bertz CT molecular complexity index is 1470. The lowest BCUT2D eigenvalue weighted by molar-refractivity contribution is -0.144. The van der Waals surface area contributed by atoms with Gasteiger partial charge in [-0.25, -0.2) is 9.97 Å². The van der Waals surface area contributed by atoms with Crippen LogP contribution in [0.15, 0.2) is 59.9 Å². The number of nitrogens with zero attached hydrogens (tertiary/aromatic N) is 4. The molecule has 0 saturated carbocycles. The first-order chi connectivity index (χ1) is 20.2. The number of anilines is 2. The van der Waals surface area contributed by atoms with Crippen LogP contribution in [0.5, 0.6) is 11.5 Å². The zero-order valence-corrected chi connectivity index (χ0v) is 24.1. The van der Waals surface area contributed by atoms with Gasteiger partial charge < -0.3 is 31.7 Å². The Kier molecular flexibility index (Phi) is 8.67. The van der Waals surface area contributed by atoms with Gasteiger partial charge in [0.2, 0.25) is 5.91 Å². The maximum atomic E-state index is 13.4. The number of nitrogens with one attached hydrogen (secondary N) is 2. The molecule has 11 heteroatoms. The fourth-order valence-electron chi connectivity index (χ4n) is 5.48. The van der Waals surface area contributed by atoms with Crippen LogP contribution in [0.4, 0.5) is 11.6 Å². The molecular weight excluding hydrogens is 532 g/mol. The Hall–Kier alpha value is -4.51. The van der Waals surface area contributed by atoms with Gasteiger partial charge in [-0.2, -0.15) is 0 Å². The van der Waals surface area contributed by atoms with Crippen LogP contribution in [0.1, 0.15) is 54.1 Å². The van der Waals surface area contributed by atoms with Crippen molar-refractivity contribution in [2.75, 3.05) is 37.2 Å². The Balaban J connectivity index is 1.28. The van der Waals surface area contributed by atoms with Crippen LogP contribution in [-0.2, 0) is 4.79 Å². The summed E-state index contributed by atoms with van der Waals surface area (Å²) in [7, 11) is 0. The molecule has 4 heterocycles. The van der Waals surface area contributed by atoms with Crippen molar-refractivity contribution in [1.29, 1.82) is 0 Å². The molecule has 0 radical (unpaired) electrons. The molecule has 11 nitrogen and oxygen atoms in total. The highest BCUT2D eigenvalue weighted by atomic mass is 16.5. The van der Waals surface area contributed by atoms with Crippen molar-refractivity contribution in [2.45, 2.75) is 45.6 Å². The Morgan fingerprint density at radius 3 is 2.60 bits per heavy atom. The summed E-state index contributed by atoms with van der Waals surface area (Å²) in [5.41, 5.74) is 14.3. The van der Waals surface area contributed by atoms with Crippen LogP contribution in [0, 0.1) is 12.3 Å². The molecule has 5 rings (SSSR count). The molecule has 3 aromatic rings. The van der Waals surface area contributed by atoms with Crippen molar-refractivity contribution in [1.82, 2.24) is 20.2 Å². The molecule has 6 N–H and O–H groups in total. The zero-order chi connectivity index (χ0) is 29.7. The number of amides is 2. The number of piperidine rings is 2. The van der Waals surface area contributed by atoms with Crippen molar-refractivity contribution in [3.63, 3.8) is 0 Å². The second kappa shape index (κ2) is 12.6. The lowest BCUT2D eigenvalue weighted by Gasteiger charge is -2.40. The molecule has 2 saturated heterocycles. The Morgan fingerprint density at radius 1 is 1.12 bits per heavy atom. The molecule has 1 atom stereocenters. The second-order valence-corrected chi connectivity index (χ2v) is 11.2. The molecule has 2 aliphatic rings. The van der Waals surface area contributed by atoms with Crippen molar-refractivity contribution < 1.29 is 14.3 Å². The summed E-state index contributed by atoms with van der Waals surface area (Å²) >= 11 is 0. The fourth-order valence-corrected chi connectivity index (χ4v) is 5.48. The lowest BCUT2D eigenvalue weighted by atomic mass is 9.79. The largest absolute Gasteiger partial charge is 0.456 e. The number of likely N-dealkylation sites (tertiary alicyclic amines) is 1. The van der Waals surface area contributed by atoms with E-state index in [-0.39, 0.29) is 34.9 Å². The van der Waals surface area contributed by atoms with Gasteiger partial charge in [0.05, 0.1) is 6.04 Å². The normalized spacial score (nSPS) is 18.8. The van der Waals surface area contributed by atoms with E-state index < -0.39 is 0 Å². The molecular formula is C31H38N8O3. The number of ether oxygens (including phenoxy) is 1. The molecule has 1 unspecified atom stereocenters. The highest BCUT2D eigenvalue weighted by Crippen LogP contribution is 2.32. The highest BCUT2D eigenvalue weighted by molar-refractivity contribution is 6.04. The molecule has 0 aliphatic carbocycles. The number of pyridine rings is 2. The van der Waals surface area contributed by atoms with E-state index in [1.165, 1.54) is 0 Å². The first kappa shape index (κ1) is 29.0. The van der Waals surface area contributed by atoms with Crippen molar-refractivity contribution in [2.24, 2.45) is 16.1 Å². The monoisotopic (exact) mass is 570 g/mol. The molecule has 2 aliphatic heterocycles. The number of hydrogen-bond donors (Lipinski definition) is 4. The van der Waals surface area contributed by atoms with Crippen LogP contribution < -0.4 is 26.8 Å². The number of carbonyl (C=O) groups excluding carboxylic acids is 2. The number of aromatic nitrogens is 2. The number of aryl methyl sites for hydroxylation is 1. The average Bonchev–Trinajstić information content (AvgIpc) is 2.97. The van der Waals surface area contributed by atoms with Crippen molar-refractivity contribution >= 4 is 29.3 Å². The van der Waals surface area contributed by atoms with Gasteiger partial charge >= 0.3 is 0 Å². The zero-order valence-electron chi connectivity index (χ0n) is 24.1. The minimum atomic E-state index is -0.342. The lowest BCUT2D eigenvalue weighted by Crippen LogP contribution is -2.51. The number of hydrogen-bond acceptors (Lipinski definition) is 8. The van der Waals surface area contributed by atoms with Crippen LogP contribution in [-0.4, -0.2) is 64.7 Å². The molecule has 2 fully saturated rings. The summed E-state index contributed by atoms with van der Waals surface area (Å²) in [6.45, 7) is 6.95. The first-order valence-corrected chi connectivity index (χ1v) is 14.3. The summed E-state index contributed by atoms with van der Waals surface area (Å²) in [6, 6.07) is 11.9. The van der Waals surface area contributed by atoms with Gasteiger partial charge in [0, 0.05) is 42.5 Å². The predicted molar refractivity (Wildman–Crippen MR) is 163 cm³/mol. The smallest absolute Gasteiger partial charge is 0.256 e. The molecule has 220 valence electrons. The number of nitrogen functional groups attached to an aromatic ring is 1. The number of rotatable bonds is 7. The van der Waals surface area contributed by atoms with E-state index >= 15 is 0 Å². The summed E-state index contributed by atoms with van der Waals surface area (Å²) < 4.78 is 6.13. The summed E-state index contributed by atoms with van der Waals surface area (Å²) in [6.07, 6.45) is 6.53. The summed E-state index contributed by atoms with van der Waals surface area (Å²) in [5.74, 6) is 1.70. The summed E-state index contributed by atoms with van der Waals surface area (Å²) in [4.78, 5) is 41.2. The van der Waals surface area contributed by atoms with Crippen LogP contribution in [0.2, 0.25) is 0 Å². The third-order valence-electron chi connectivity index (χ3n) is 7.93. The highest BCUT2D eigenvalue weighted by Gasteiger charge is 2.39. The van der Waals surface area contributed by atoms with E-state index in [4.69, 9.17) is 21.2 Å². The number of aliphatic imine (C=N–C) groups is 1. The van der Waals surface area contributed by atoms with Gasteiger partial charge in [0.25, 0.3) is 5.91 Å². The Morgan fingerprint density at radius 2 is 1.86 bits per heavy atom. The van der Waals surface area contributed by atoms with Gasteiger partial charge in [0.15, 0.2) is 0 Å². The fraction of sp³-hybridized carbons (Fsp3) is 0.387. The summed E-state index contributed by atoms with van der Waals surface area (Å²) in [5, 5.41) is 6.13. The van der Waals surface area contributed by atoms with E-state index in [0.29, 0.717) is 35.0 Å². The second-order valence-electron chi connectivity index (χ2n) is 11.2. The topological polar surface area (TPSA) is 161 Å². The molecule has 2 aromatic heterocycles. The van der Waals surface area contributed by atoms with Crippen LogP contribution in [0.25, 0.3) is 0 Å². The number of amidine groups is 1. The molecule has 2 amide bonds. The molecule has 42 heavy (non-hydrogen) atoms. The van der Waals surface area contributed by atoms with E-state index in [0.717, 1.165) is 50.9 Å². The Labute approximate surface area is 245 Å². The SMILES string of the molecule is Cc1ccnc(NC(=O)c2ccc(Oc3ccnc(N)c3C(N)=NC3CCCN(C(=O)C4(C)CCNCC4)C3)cc2)c1. The van der Waals surface area contributed by atoms with Crippen molar-refractivity contribution in [3.05, 3.63) is 71.5 Å². The van der Waals surface area contributed by atoms with Crippen LogP contribution >= 0.6 is 0 Å². The minimum Gasteiger partial charge on any atom is -0.456 e. The third-order valence-corrected chi connectivity index (χ3v) is 7.93. The third kappa shape index (κ3) is 6.68. The van der Waals surface area contributed by atoms with E-state index in [1.807, 2.05) is 17.9 Å². The molecule has 0 spiro atoms. The minimum absolute atomic E-state index is 0.152. The van der Waals surface area contributed by atoms with Gasteiger partial charge in [-0.1, -0.05) is 6.92 Å². The quantitative estimate of drug-likeness (QED) is 0.248. The first-order valence-electron chi connectivity index (χ1n) is 14.3. The maximum absolute atomic E-state index is 13.4. The van der Waals surface area contributed by atoms with Gasteiger partial charge in [-0.15, -0.1) is 0 Å². The van der Waals surface area contributed by atoms with Crippen molar-refractivity contribution in [3.8, 4) is 11.5 Å².